The number of nitrogens with two attached hydrogens (primary N) is 1. The van der Waals surface area contributed by atoms with E-state index in [1.807, 2.05) is 0 Å². The largest absolute Gasteiger partial charge is 0.453 e. The second kappa shape index (κ2) is 7.81. The van der Waals surface area contributed by atoms with E-state index in [0.29, 0.717) is 0 Å². The normalized spacial score (nSPS) is 10.6. The van der Waals surface area contributed by atoms with Crippen LogP contribution >= 0.6 is 23.2 Å². The Morgan fingerprint density at radius 3 is 2.48 bits per heavy atom. The standard InChI is InChI=1S/C16H11Cl2N5O6/c1-20-14(25)8-4-7(5-21-15(8)26)28-11-9(17)2-6(3-10(11)18)23-13(12(19)24)22-29-16(23)27/h2-5H,1H3,(H2,19,24)(H,20,25)(H,21,26). The molecule has 3 aromatic rings. The Labute approximate surface area is 171 Å². The fraction of sp³-hybridized carbons (Fsp3) is 0.0625. The van der Waals surface area contributed by atoms with Gasteiger partial charge in [0, 0.05) is 19.3 Å². The molecule has 0 atom stereocenters. The van der Waals surface area contributed by atoms with Gasteiger partial charge in [0.1, 0.15) is 11.3 Å². The number of aromatic nitrogens is 3. The maximum absolute atomic E-state index is 11.8. The van der Waals surface area contributed by atoms with Crippen molar-refractivity contribution < 1.29 is 18.8 Å². The molecule has 29 heavy (non-hydrogen) atoms. The highest BCUT2D eigenvalue weighted by Crippen LogP contribution is 2.38. The average molecular weight is 440 g/mol. The smallest absolute Gasteiger partial charge is 0.446 e. The number of benzene rings is 1. The zero-order chi connectivity index (χ0) is 21.3. The molecule has 0 aliphatic heterocycles. The molecule has 2 amide bonds. The number of aromatic amines is 1. The van der Waals surface area contributed by atoms with Gasteiger partial charge >= 0.3 is 5.76 Å². The van der Waals surface area contributed by atoms with E-state index in [4.69, 9.17) is 33.7 Å². The number of ether oxygens (including phenoxy) is 1. The number of pyridine rings is 1. The lowest BCUT2D eigenvalue weighted by Crippen LogP contribution is -2.26. The molecule has 0 unspecified atom stereocenters. The molecule has 150 valence electrons. The van der Waals surface area contributed by atoms with E-state index in [-0.39, 0.29) is 32.8 Å². The summed E-state index contributed by atoms with van der Waals surface area (Å²) in [6.07, 6.45) is 1.21. The highest BCUT2D eigenvalue weighted by molar-refractivity contribution is 6.37. The van der Waals surface area contributed by atoms with Crippen molar-refractivity contribution in [3.8, 4) is 17.2 Å². The van der Waals surface area contributed by atoms with Crippen LogP contribution in [0.1, 0.15) is 21.0 Å². The average Bonchev–Trinajstić information content (AvgIpc) is 3.07. The summed E-state index contributed by atoms with van der Waals surface area (Å²) in [5, 5.41) is 5.52. The minimum atomic E-state index is -1.00. The van der Waals surface area contributed by atoms with Crippen molar-refractivity contribution in [2.75, 3.05) is 7.05 Å². The van der Waals surface area contributed by atoms with Gasteiger partial charge in [-0.1, -0.05) is 23.2 Å². The molecule has 1 aromatic carbocycles. The van der Waals surface area contributed by atoms with Gasteiger partial charge in [-0.25, -0.2) is 9.36 Å². The van der Waals surface area contributed by atoms with E-state index < -0.39 is 29.0 Å². The first-order valence-electron chi connectivity index (χ1n) is 7.73. The number of carbonyl (C=O) groups is 2. The summed E-state index contributed by atoms with van der Waals surface area (Å²) in [6, 6.07) is 3.73. The van der Waals surface area contributed by atoms with Crippen molar-refractivity contribution in [3.63, 3.8) is 0 Å². The first-order valence-corrected chi connectivity index (χ1v) is 8.49. The van der Waals surface area contributed by atoms with Crippen LogP contribution in [0.5, 0.6) is 11.5 Å². The number of nitrogens with zero attached hydrogens (tertiary/aromatic N) is 2. The minimum absolute atomic E-state index is 0.0304. The quantitative estimate of drug-likeness (QED) is 0.534. The lowest BCUT2D eigenvalue weighted by Gasteiger charge is -2.12. The Balaban J connectivity index is 2.03. The molecular formula is C16H11Cl2N5O6. The van der Waals surface area contributed by atoms with Crippen molar-refractivity contribution in [2.24, 2.45) is 5.73 Å². The number of hydrogen-bond donors (Lipinski definition) is 3. The van der Waals surface area contributed by atoms with Gasteiger partial charge in [-0.2, -0.15) is 0 Å². The zero-order valence-corrected chi connectivity index (χ0v) is 16.0. The van der Waals surface area contributed by atoms with Gasteiger partial charge in [0.25, 0.3) is 17.4 Å². The number of nitrogens with one attached hydrogen (secondary N) is 2. The third-order valence-corrected chi connectivity index (χ3v) is 4.20. The molecule has 0 aliphatic carbocycles. The summed E-state index contributed by atoms with van der Waals surface area (Å²) in [6.45, 7) is 0. The molecule has 0 spiro atoms. The first-order chi connectivity index (χ1) is 13.7. The van der Waals surface area contributed by atoms with Crippen LogP contribution in [0, 0.1) is 0 Å². The second-order valence-electron chi connectivity index (χ2n) is 5.47. The molecule has 4 N–H and O–H groups in total. The van der Waals surface area contributed by atoms with Crippen LogP contribution < -0.4 is 27.1 Å². The van der Waals surface area contributed by atoms with Crippen molar-refractivity contribution in [1.82, 2.24) is 20.0 Å². The second-order valence-corrected chi connectivity index (χ2v) is 6.28. The molecule has 0 saturated carbocycles. The molecule has 0 saturated heterocycles. The lowest BCUT2D eigenvalue weighted by atomic mass is 10.2. The molecule has 2 heterocycles. The molecular weight excluding hydrogens is 429 g/mol. The molecule has 11 nitrogen and oxygen atoms in total. The summed E-state index contributed by atoms with van der Waals surface area (Å²) in [7, 11) is 1.37. The van der Waals surface area contributed by atoms with Crippen LogP contribution in [0.25, 0.3) is 5.69 Å². The Morgan fingerprint density at radius 2 is 1.90 bits per heavy atom. The van der Waals surface area contributed by atoms with E-state index in [1.54, 1.807) is 0 Å². The fourth-order valence-corrected chi connectivity index (χ4v) is 2.90. The molecule has 3 rings (SSSR count). The predicted octanol–water partition coefficient (Wildman–Crippen LogP) is 1.07. The van der Waals surface area contributed by atoms with Crippen molar-refractivity contribution in [3.05, 3.63) is 66.7 Å². The van der Waals surface area contributed by atoms with Crippen LogP contribution in [0.15, 0.2) is 38.5 Å². The van der Waals surface area contributed by atoms with Gasteiger partial charge in [0.05, 0.1) is 15.7 Å². The maximum Gasteiger partial charge on any atom is 0.446 e. The number of H-pyrrole nitrogens is 1. The van der Waals surface area contributed by atoms with Crippen LogP contribution in [0.4, 0.5) is 0 Å². The zero-order valence-electron chi connectivity index (χ0n) is 14.5. The van der Waals surface area contributed by atoms with Crippen LogP contribution in [-0.2, 0) is 0 Å². The number of hydrogen-bond acceptors (Lipinski definition) is 7. The number of amides is 2. The molecule has 2 aromatic heterocycles. The Bertz CT molecular complexity index is 1220. The van der Waals surface area contributed by atoms with E-state index >= 15 is 0 Å². The van der Waals surface area contributed by atoms with E-state index in [0.717, 1.165) is 4.57 Å². The van der Waals surface area contributed by atoms with Crippen molar-refractivity contribution in [1.29, 1.82) is 0 Å². The summed E-state index contributed by atoms with van der Waals surface area (Å²) in [5.41, 5.74) is 4.42. The molecule has 0 radical (unpaired) electrons. The number of primary amides is 1. The molecule has 0 bridgehead atoms. The van der Waals surface area contributed by atoms with Crippen molar-refractivity contribution >= 4 is 35.0 Å². The summed E-state index contributed by atoms with van der Waals surface area (Å²) < 4.78 is 10.8. The van der Waals surface area contributed by atoms with Gasteiger partial charge in [0.2, 0.25) is 5.82 Å². The Morgan fingerprint density at radius 1 is 1.24 bits per heavy atom. The molecule has 13 heteroatoms. The van der Waals surface area contributed by atoms with Crippen molar-refractivity contribution in [2.45, 2.75) is 0 Å². The highest BCUT2D eigenvalue weighted by Gasteiger charge is 2.21. The number of halogens is 2. The van der Waals surface area contributed by atoms with Gasteiger partial charge in [-0.15, -0.1) is 0 Å². The number of carbonyl (C=O) groups excluding carboxylic acids is 2. The maximum atomic E-state index is 11.8. The number of rotatable bonds is 5. The van der Waals surface area contributed by atoms with Gasteiger partial charge in [0.15, 0.2) is 5.75 Å². The van der Waals surface area contributed by atoms with Gasteiger partial charge in [-0.05, 0) is 17.3 Å². The summed E-state index contributed by atoms with van der Waals surface area (Å²) in [5.74, 6) is -3.01. The third-order valence-electron chi connectivity index (χ3n) is 3.63. The summed E-state index contributed by atoms with van der Waals surface area (Å²) >= 11 is 12.4. The van der Waals surface area contributed by atoms with E-state index in [1.165, 1.54) is 31.4 Å². The Kier molecular flexibility index (Phi) is 5.43. The monoisotopic (exact) mass is 439 g/mol. The predicted molar refractivity (Wildman–Crippen MR) is 101 cm³/mol. The van der Waals surface area contributed by atoms with E-state index in [2.05, 4.69) is 20.0 Å². The van der Waals surface area contributed by atoms with Gasteiger partial charge < -0.3 is 20.8 Å². The first kappa shape index (κ1) is 20.2. The van der Waals surface area contributed by atoms with Crippen LogP contribution in [-0.4, -0.2) is 33.6 Å². The minimum Gasteiger partial charge on any atom is -0.453 e. The van der Waals surface area contributed by atoms with Crippen LogP contribution in [0.3, 0.4) is 0 Å². The summed E-state index contributed by atoms with van der Waals surface area (Å²) in [4.78, 5) is 49.1. The molecule has 0 fully saturated rings. The highest BCUT2D eigenvalue weighted by atomic mass is 35.5. The topological polar surface area (TPSA) is 162 Å². The van der Waals surface area contributed by atoms with Gasteiger partial charge in [-0.3, -0.25) is 18.9 Å². The fourth-order valence-electron chi connectivity index (χ4n) is 2.35. The van der Waals surface area contributed by atoms with Crippen LogP contribution in [0.2, 0.25) is 10.0 Å². The lowest BCUT2D eigenvalue weighted by molar-refractivity contribution is 0.0958. The third kappa shape index (κ3) is 3.86. The van der Waals surface area contributed by atoms with E-state index in [9.17, 15) is 19.2 Å². The Hall–Kier alpha value is -3.57. The SMILES string of the molecule is CNC(=O)c1cc(Oc2c(Cl)cc(-n3c(C(N)=O)noc3=O)cc2Cl)c[nH]c1=O. The molecule has 0 aliphatic rings.